The fraction of sp³-hybridized carbons (Fsp3) is 0.538. The van der Waals surface area contributed by atoms with Crippen LogP contribution in [0.2, 0.25) is 0 Å². The Morgan fingerprint density at radius 3 is 2.59 bits per heavy atom. The van der Waals surface area contributed by atoms with Crippen LogP contribution in [0.1, 0.15) is 25.7 Å². The third-order valence-corrected chi connectivity index (χ3v) is 3.72. The van der Waals surface area contributed by atoms with E-state index in [1.54, 1.807) is 4.90 Å². The van der Waals surface area contributed by atoms with Crippen LogP contribution in [0.3, 0.4) is 0 Å². The van der Waals surface area contributed by atoms with Crippen molar-refractivity contribution in [3.8, 4) is 0 Å². The summed E-state index contributed by atoms with van der Waals surface area (Å²) in [6.45, 7) is 1.85. The number of carbonyl (C=O) groups excluding carboxylic acids is 2. The lowest BCUT2D eigenvalue weighted by molar-refractivity contribution is -0.140. The molecule has 0 bridgehead atoms. The third-order valence-electron chi connectivity index (χ3n) is 3.72. The predicted octanol–water partition coefficient (Wildman–Crippen LogP) is 0.754. The summed E-state index contributed by atoms with van der Waals surface area (Å²) in [7, 11) is 0. The van der Waals surface area contributed by atoms with Crippen LogP contribution < -0.4 is 5.32 Å². The molecule has 4 heteroatoms. The molecule has 0 aromatic carbocycles. The zero-order valence-electron chi connectivity index (χ0n) is 9.74. The van der Waals surface area contributed by atoms with Crippen molar-refractivity contribution in [2.24, 2.45) is 0 Å². The van der Waals surface area contributed by atoms with Gasteiger partial charge in [-0.05, 0) is 38.8 Å². The van der Waals surface area contributed by atoms with E-state index in [2.05, 4.69) is 5.32 Å². The molecule has 0 spiro atoms. The van der Waals surface area contributed by atoms with Crippen LogP contribution in [0.15, 0.2) is 23.4 Å². The van der Waals surface area contributed by atoms with Crippen molar-refractivity contribution < 1.29 is 9.59 Å². The van der Waals surface area contributed by atoms with Gasteiger partial charge in [-0.1, -0.05) is 12.2 Å². The molecule has 2 aliphatic heterocycles. The van der Waals surface area contributed by atoms with Gasteiger partial charge in [0.15, 0.2) is 0 Å². The van der Waals surface area contributed by atoms with E-state index in [9.17, 15) is 9.59 Å². The lowest BCUT2D eigenvalue weighted by Gasteiger charge is -2.32. The van der Waals surface area contributed by atoms with Crippen LogP contribution in [0, 0.1) is 0 Å². The molecular formula is C13H16N2O2. The Hall–Kier alpha value is -1.42. The second-order valence-corrected chi connectivity index (χ2v) is 4.77. The predicted molar refractivity (Wildman–Crippen MR) is 63.1 cm³/mol. The number of ketones is 1. The Balaban J connectivity index is 1.93. The van der Waals surface area contributed by atoms with Crippen molar-refractivity contribution in [1.82, 2.24) is 10.2 Å². The Labute approximate surface area is 100 Å². The van der Waals surface area contributed by atoms with E-state index in [-0.39, 0.29) is 17.7 Å². The number of piperidine rings is 1. The molecule has 0 aromatic rings. The zero-order valence-corrected chi connectivity index (χ0v) is 9.74. The summed E-state index contributed by atoms with van der Waals surface area (Å²) in [4.78, 5) is 25.7. The highest BCUT2D eigenvalue weighted by molar-refractivity contribution is 6.47. The van der Waals surface area contributed by atoms with Crippen molar-refractivity contribution in [2.75, 3.05) is 13.1 Å². The summed E-state index contributed by atoms with van der Waals surface area (Å²) in [6.07, 6.45) is 7.63. The smallest absolute Gasteiger partial charge is 0.299 e. The van der Waals surface area contributed by atoms with E-state index < -0.39 is 0 Å². The topological polar surface area (TPSA) is 49.4 Å². The number of fused-ring (bicyclic) bond motifs is 1. The lowest BCUT2D eigenvalue weighted by Crippen LogP contribution is -2.43. The fourth-order valence-electron chi connectivity index (χ4n) is 2.86. The summed E-state index contributed by atoms with van der Waals surface area (Å²) in [5.41, 5.74) is 1.51. The summed E-state index contributed by atoms with van der Waals surface area (Å²) in [5.74, 6) is -0.634. The monoisotopic (exact) mass is 232 g/mol. The molecule has 0 atom stereocenters. The number of carbonyl (C=O) groups is 2. The molecule has 3 aliphatic rings. The van der Waals surface area contributed by atoms with Crippen LogP contribution in [-0.2, 0) is 9.59 Å². The first-order valence-corrected chi connectivity index (χ1v) is 6.28. The largest absolute Gasteiger partial charge is 0.317 e. The van der Waals surface area contributed by atoms with Gasteiger partial charge < -0.3 is 10.2 Å². The molecule has 17 heavy (non-hydrogen) atoms. The number of allylic oxidation sites excluding steroid dienone is 3. The van der Waals surface area contributed by atoms with Crippen molar-refractivity contribution in [1.29, 1.82) is 0 Å². The van der Waals surface area contributed by atoms with Crippen LogP contribution in [-0.4, -0.2) is 35.7 Å². The Kier molecular flexibility index (Phi) is 2.59. The van der Waals surface area contributed by atoms with E-state index in [1.165, 1.54) is 0 Å². The molecule has 0 radical (unpaired) electrons. The molecule has 2 saturated heterocycles. The molecule has 1 amide bonds. The maximum atomic E-state index is 12.0. The second-order valence-electron chi connectivity index (χ2n) is 4.77. The number of amides is 1. The first-order valence-electron chi connectivity index (χ1n) is 6.28. The molecule has 4 nitrogen and oxygen atoms in total. The van der Waals surface area contributed by atoms with Crippen molar-refractivity contribution in [3.05, 3.63) is 23.4 Å². The minimum absolute atomic E-state index is 0.197. The Morgan fingerprint density at radius 2 is 1.82 bits per heavy atom. The van der Waals surface area contributed by atoms with Gasteiger partial charge in [-0.2, -0.15) is 0 Å². The van der Waals surface area contributed by atoms with Gasteiger partial charge in [-0.15, -0.1) is 0 Å². The normalized spacial score (nSPS) is 25.8. The molecule has 90 valence electrons. The van der Waals surface area contributed by atoms with Gasteiger partial charge in [0, 0.05) is 11.6 Å². The maximum absolute atomic E-state index is 12.0. The fourth-order valence-corrected chi connectivity index (χ4v) is 2.86. The minimum atomic E-state index is -0.323. The Morgan fingerprint density at radius 1 is 1.12 bits per heavy atom. The van der Waals surface area contributed by atoms with Gasteiger partial charge in [0.1, 0.15) is 0 Å². The highest BCUT2D eigenvalue weighted by Crippen LogP contribution is 2.33. The van der Waals surface area contributed by atoms with E-state index >= 15 is 0 Å². The van der Waals surface area contributed by atoms with E-state index in [0.717, 1.165) is 44.5 Å². The number of nitrogens with one attached hydrogen (secondary N) is 1. The molecule has 0 unspecified atom stereocenters. The van der Waals surface area contributed by atoms with E-state index in [1.807, 2.05) is 12.2 Å². The average molecular weight is 232 g/mol. The lowest BCUT2D eigenvalue weighted by atomic mass is 10.0. The van der Waals surface area contributed by atoms with Gasteiger partial charge in [0.25, 0.3) is 11.7 Å². The molecule has 1 N–H and O–H groups in total. The van der Waals surface area contributed by atoms with Crippen LogP contribution >= 0.6 is 0 Å². The van der Waals surface area contributed by atoms with E-state index in [4.69, 9.17) is 0 Å². The third kappa shape index (κ3) is 1.63. The van der Waals surface area contributed by atoms with Crippen LogP contribution in [0.4, 0.5) is 0 Å². The summed E-state index contributed by atoms with van der Waals surface area (Å²) >= 11 is 0. The SMILES string of the molecule is O=C1C(=O)N(C2CCNCC2)C2=CCCC=C12. The number of hydrogen-bond acceptors (Lipinski definition) is 3. The van der Waals surface area contributed by atoms with Crippen molar-refractivity contribution in [2.45, 2.75) is 31.7 Å². The summed E-state index contributed by atoms with van der Waals surface area (Å²) in [5, 5.41) is 3.28. The highest BCUT2D eigenvalue weighted by atomic mass is 16.2. The highest BCUT2D eigenvalue weighted by Gasteiger charge is 2.42. The average Bonchev–Trinajstić information content (AvgIpc) is 2.64. The number of hydrogen-bond donors (Lipinski definition) is 1. The molecule has 0 aromatic heterocycles. The number of nitrogens with zero attached hydrogens (tertiary/aromatic N) is 1. The van der Waals surface area contributed by atoms with Crippen LogP contribution in [0.5, 0.6) is 0 Å². The Bertz CT molecular complexity index is 431. The van der Waals surface area contributed by atoms with Gasteiger partial charge in [0.05, 0.1) is 5.70 Å². The number of likely N-dealkylation sites (tertiary alicyclic amines) is 1. The zero-order chi connectivity index (χ0) is 11.8. The maximum Gasteiger partial charge on any atom is 0.299 e. The second kappa shape index (κ2) is 4.11. The molecule has 2 heterocycles. The summed E-state index contributed by atoms with van der Waals surface area (Å²) < 4.78 is 0. The quantitative estimate of drug-likeness (QED) is 0.679. The van der Waals surface area contributed by atoms with Crippen molar-refractivity contribution >= 4 is 11.7 Å². The van der Waals surface area contributed by atoms with Gasteiger partial charge in [-0.25, -0.2) is 0 Å². The molecule has 2 fully saturated rings. The molecular weight excluding hydrogens is 216 g/mol. The number of rotatable bonds is 1. The first-order chi connectivity index (χ1) is 8.29. The van der Waals surface area contributed by atoms with Gasteiger partial charge in [-0.3, -0.25) is 9.59 Å². The molecule has 0 saturated carbocycles. The molecule has 3 rings (SSSR count). The summed E-state index contributed by atoms with van der Waals surface area (Å²) in [6, 6.07) is 0.197. The van der Waals surface area contributed by atoms with Crippen LogP contribution in [0.25, 0.3) is 0 Å². The first kappa shape index (κ1) is 10.7. The van der Waals surface area contributed by atoms with E-state index in [0.29, 0.717) is 5.57 Å². The standard InChI is InChI=1S/C13H16N2O2/c16-12-10-3-1-2-4-11(10)15(13(12)17)9-5-7-14-8-6-9/h3-4,9,14H,1-2,5-8H2. The number of Topliss-reactive ketones (excluding diaryl/α,β-unsaturated/α-hetero) is 1. The van der Waals surface area contributed by atoms with Gasteiger partial charge in [0.2, 0.25) is 0 Å². The molecule has 1 aliphatic carbocycles. The van der Waals surface area contributed by atoms with Crippen molar-refractivity contribution in [3.63, 3.8) is 0 Å². The minimum Gasteiger partial charge on any atom is -0.317 e. The van der Waals surface area contributed by atoms with Gasteiger partial charge >= 0.3 is 0 Å².